The zero-order valence-electron chi connectivity index (χ0n) is 16.7. The molecule has 2 N–H and O–H groups in total. The lowest BCUT2D eigenvalue weighted by atomic mass is 10.1. The summed E-state index contributed by atoms with van der Waals surface area (Å²) in [5.74, 6) is 1.94. The van der Waals surface area contributed by atoms with Crippen molar-refractivity contribution in [2.75, 3.05) is 25.7 Å². The third-order valence-corrected chi connectivity index (χ3v) is 5.34. The van der Waals surface area contributed by atoms with E-state index in [4.69, 9.17) is 14.0 Å². The van der Waals surface area contributed by atoms with E-state index in [1.807, 2.05) is 25.2 Å². The van der Waals surface area contributed by atoms with E-state index in [-0.39, 0.29) is 30.7 Å². The van der Waals surface area contributed by atoms with Gasteiger partial charge in [0, 0.05) is 23.8 Å². The molecule has 10 heteroatoms. The van der Waals surface area contributed by atoms with Crippen LogP contribution in [0.2, 0.25) is 0 Å². The van der Waals surface area contributed by atoms with Crippen LogP contribution in [-0.4, -0.2) is 47.5 Å². The third kappa shape index (κ3) is 4.02. The Labute approximate surface area is 177 Å². The van der Waals surface area contributed by atoms with E-state index in [0.29, 0.717) is 41.9 Å². The number of nitrogens with zero attached hydrogens (tertiary/aromatic N) is 3. The van der Waals surface area contributed by atoms with E-state index >= 15 is 0 Å². The molecule has 2 aliphatic heterocycles. The van der Waals surface area contributed by atoms with Crippen molar-refractivity contribution in [2.45, 2.75) is 18.5 Å². The number of carbonyl (C=O) groups is 1. The van der Waals surface area contributed by atoms with Gasteiger partial charge in [-0.05, 0) is 55.9 Å². The third-order valence-electron chi connectivity index (χ3n) is 5.34. The van der Waals surface area contributed by atoms with Crippen molar-refractivity contribution in [2.24, 2.45) is 0 Å². The lowest BCUT2D eigenvalue weighted by Crippen LogP contribution is -2.39. The van der Waals surface area contributed by atoms with Crippen LogP contribution >= 0.6 is 0 Å². The van der Waals surface area contributed by atoms with E-state index in [1.54, 1.807) is 0 Å². The molecule has 2 atom stereocenters. The predicted molar refractivity (Wildman–Crippen MR) is 108 cm³/mol. The van der Waals surface area contributed by atoms with Gasteiger partial charge >= 0.3 is 6.03 Å². The van der Waals surface area contributed by atoms with E-state index in [1.165, 1.54) is 24.3 Å². The number of anilines is 1. The molecule has 1 aromatic heterocycles. The maximum atomic E-state index is 13.0. The van der Waals surface area contributed by atoms with Crippen LogP contribution in [0, 0.1) is 5.82 Å². The van der Waals surface area contributed by atoms with Gasteiger partial charge in [0.05, 0.1) is 6.04 Å². The van der Waals surface area contributed by atoms with Gasteiger partial charge in [0.15, 0.2) is 11.5 Å². The Morgan fingerprint density at radius 3 is 2.81 bits per heavy atom. The number of carbonyl (C=O) groups excluding carboxylic acids is 1. The maximum Gasteiger partial charge on any atom is 0.319 e. The molecule has 0 aliphatic carbocycles. The summed E-state index contributed by atoms with van der Waals surface area (Å²) in [6, 6.07) is 10.5. The Balaban J connectivity index is 1.23. The van der Waals surface area contributed by atoms with Crippen molar-refractivity contribution in [3.63, 3.8) is 0 Å². The zero-order chi connectivity index (χ0) is 21.4. The summed E-state index contributed by atoms with van der Waals surface area (Å²) in [5, 5.41) is 9.74. The molecule has 0 radical (unpaired) electrons. The number of hydrogen-bond acceptors (Lipinski definition) is 7. The van der Waals surface area contributed by atoms with E-state index in [9.17, 15) is 9.18 Å². The summed E-state index contributed by atoms with van der Waals surface area (Å²) in [7, 11) is 1.94. The van der Waals surface area contributed by atoms with Crippen LogP contribution in [0.15, 0.2) is 47.0 Å². The number of ether oxygens (including phenoxy) is 2. The molecule has 2 aliphatic rings. The van der Waals surface area contributed by atoms with Crippen LogP contribution in [0.4, 0.5) is 14.9 Å². The topological polar surface area (TPSA) is 102 Å². The summed E-state index contributed by atoms with van der Waals surface area (Å²) in [6.07, 6.45) is 0.621. The van der Waals surface area contributed by atoms with Gasteiger partial charge in [-0.3, -0.25) is 4.90 Å². The van der Waals surface area contributed by atoms with Gasteiger partial charge in [0.2, 0.25) is 18.5 Å². The molecule has 1 saturated heterocycles. The number of urea groups is 1. The fourth-order valence-corrected chi connectivity index (χ4v) is 3.80. The Morgan fingerprint density at radius 1 is 1.16 bits per heavy atom. The molecule has 9 nitrogen and oxygen atoms in total. The number of likely N-dealkylation sites (tertiary alicyclic amines) is 1. The van der Waals surface area contributed by atoms with Crippen molar-refractivity contribution in [1.29, 1.82) is 0 Å². The van der Waals surface area contributed by atoms with Crippen LogP contribution in [0.1, 0.15) is 18.4 Å². The number of hydrogen-bond donors (Lipinski definition) is 2. The van der Waals surface area contributed by atoms with Gasteiger partial charge < -0.3 is 24.6 Å². The maximum absolute atomic E-state index is 13.0. The lowest BCUT2D eigenvalue weighted by molar-refractivity contribution is 0.174. The Kier molecular flexibility index (Phi) is 4.91. The SMILES string of the molecule is CN1CC(NC(=O)Nc2ccc(F)cc2)CC1c1nc(-c2ccc3c(c2)OCO3)no1. The fourth-order valence-electron chi connectivity index (χ4n) is 3.80. The minimum atomic E-state index is -0.356. The second kappa shape index (κ2) is 7.88. The number of amides is 2. The average molecular weight is 425 g/mol. The molecule has 1 fully saturated rings. The second-order valence-corrected chi connectivity index (χ2v) is 7.52. The van der Waals surface area contributed by atoms with Crippen LogP contribution < -0.4 is 20.1 Å². The number of rotatable bonds is 4. The molecule has 2 amide bonds. The van der Waals surface area contributed by atoms with Crippen LogP contribution in [0.5, 0.6) is 11.5 Å². The molecule has 3 aromatic rings. The molecule has 3 heterocycles. The monoisotopic (exact) mass is 425 g/mol. The summed E-state index contributed by atoms with van der Waals surface area (Å²) in [5.41, 5.74) is 1.29. The highest BCUT2D eigenvalue weighted by Gasteiger charge is 2.35. The Bertz CT molecular complexity index is 1100. The fraction of sp³-hybridized carbons (Fsp3) is 0.286. The lowest BCUT2D eigenvalue weighted by Gasteiger charge is -2.14. The van der Waals surface area contributed by atoms with Crippen molar-refractivity contribution >= 4 is 11.7 Å². The van der Waals surface area contributed by atoms with Crippen molar-refractivity contribution in [1.82, 2.24) is 20.4 Å². The quantitative estimate of drug-likeness (QED) is 0.662. The van der Waals surface area contributed by atoms with Gasteiger partial charge in [-0.15, -0.1) is 0 Å². The van der Waals surface area contributed by atoms with Crippen molar-refractivity contribution in [3.8, 4) is 22.9 Å². The van der Waals surface area contributed by atoms with Crippen LogP contribution in [0.25, 0.3) is 11.4 Å². The minimum absolute atomic E-state index is 0.101. The number of benzene rings is 2. The highest BCUT2D eigenvalue weighted by Crippen LogP contribution is 2.36. The first-order valence-corrected chi connectivity index (χ1v) is 9.82. The zero-order valence-corrected chi connectivity index (χ0v) is 16.7. The first kappa shape index (κ1) is 19.3. The van der Waals surface area contributed by atoms with Crippen LogP contribution in [-0.2, 0) is 0 Å². The first-order chi connectivity index (χ1) is 15.0. The Morgan fingerprint density at radius 2 is 1.97 bits per heavy atom. The largest absolute Gasteiger partial charge is 0.454 e. The molecule has 0 saturated carbocycles. The minimum Gasteiger partial charge on any atom is -0.454 e. The summed E-state index contributed by atoms with van der Waals surface area (Å²) >= 11 is 0. The summed E-state index contributed by atoms with van der Waals surface area (Å²) in [4.78, 5) is 18.9. The highest BCUT2D eigenvalue weighted by molar-refractivity contribution is 5.89. The van der Waals surface area contributed by atoms with E-state index in [2.05, 4.69) is 25.7 Å². The van der Waals surface area contributed by atoms with Crippen LogP contribution in [0.3, 0.4) is 0 Å². The summed E-state index contributed by atoms with van der Waals surface area (Å²) < 4.78 is 29.2. The Hall–Kier alpha value is -3.66. The number of halogens is 1. The number of fused-ring (bicyclic) bond motifs is 1. The summed E-state index contributed by atoms with van der Waals surface area (Å²) in [6.45, 7) is 0.829. The van der Waals surface area contributed by atoms with Gasteiger partial charge in [0.1, 0.15) is 5.82 Å². The van der Waals surface area contributed by atoms with Gasteiger partial charge in [-0.1, -0.05) is 5.16 Å². The van der Waals surface area contributed by atoms with Crippen molar-refractivity contribution < 1.29 is 23.2 Å². The number of nitrogens with one attached hydrogen (secondary N) is 2. The van der Waals surface area contributed by atoms with Crippen molar-refractivity contribution in [3.05, 3.63) is 54.2 Å². The van der Waals surface area contributed by atoms with Gasteiger partial charge in [-0.25, -0.2) is 9.18 Å². The second-order valence-electron chi connectivity index (χ2n) is 7.52. The molecule has 31 heavy (non-hydrogen) atoms. The molecule has 0 bridgehead atoms. The standard InChI is InChI=1S/C21H20FN5O4/c1-27-10-15(24-21(28)23-14-5-3-13(22)4-6-14)9-16(27)20-25-19(26-31-20)12-2-7-17-18(8-12)30-11-29-17/h2-8,15-16H,9-11H2,1H3,(H2,23,24,28). The normalized spacial score (nSPS) is 20.1. The van der Waals surface area contributed by atoms with Gasteiger partial charge in [-0.2, -0.15) is 4.98 Å². The van der Waals surface area contributed by atoms with Gasteiger partial charge in [0.25, 0.3) is 0 Å². The predicted octanol–water partition coefficient (Wildman–Crippen LogP) is 3.17. The average Bonchev–Trinajstić information content (AvgIpc) is 3.48. The molecule has 160 valence electrons. The number of aromatic nitrogens is 2. The molecule has 0 spiro atoms. The van der Waals surface area contributed by atoms with E-state index in [0.717, 1.165) is 5.56 Å². The smallest absolute Gasteiger partial charge is 0.319 e. The number of likely N-dealkylation sites (N-methyl/N-ethyl adjacent to an activating group) is 1. The van der Waals surface area contributed by atoms with E-state index < -0.39 is 0 Å². The molecular weight excluding hydrogens is 405 g/mol. The molecule has 2 aromatic carbocycles. The highest BCUT2D eigenvalue weighted by atomic mass is 19.1. The molecule has 2 unspecified atom stereocenters. The molecule has 5 rings (SSSR count). The molecular formula is C21H20FN5O4. The first-order valence-electron chi connectivity index (χ1n) is 9.82.